The molecule has 156 valence electrons. The predicted molar refractivity (Wildman–Crippen MR) is 127 cm³/mol. The first kappa shape index (κ1) is 20.9. The maximum atomic E-state index is 12.9. The highest BCUT2D eigenvalue weighted by Crippen LogP contribution is 2.36. The topological polar surface area (TPSA) is 46.4 Å². The van der Waals surface area contributed by atoms with Crippen molar-refractivity contribution < 1.29 is 4.79 Å². The van der Waals surface area contributed by atoms with Crippen LogP contribution in [-0.4, -0.2) is 15.3 Å². The molecule has 0 bridgehead atoms. The second-order valence-electron chi connectivity index (χ2n) is 9.10. The number of rotatable bonds is 3. The van der Waals surface area contributed by atoms with Crippen LogP contribution in [0.1, 0.15) is 55.3 Å². The summed E-state index contributed by atoms with van der Waals surface area (Å²) in [4.78, 5) is 17.7. The van der Waals surface area contributed by atoms with E-state index in [4.69, 9.17) is 4.98 Å². The van der Waals surface area contributed by atoms with Crippen molar-refractivity contribution in [2.75, 3.05) is 5.32 Å². The number of halogens is 1. The molecule has 1 N–H and O–H groups in total. The van der Waals surface area contributed by atoms with Gasteiger partial charge in [-0.2, -0.15) is 0 Å². The van der Waals surface area contributed by atoms with Crippen LogP contribution in [0.15, 0.2) is 41.0 Å². The lowest BCUT2D eigenvalue weighted by molar-refractivity contribution is -0.123. The number of fused-ring (bicyclic) bond motifs is 2. The molecule has 1 amide bonds. The van der Waals surface area contributed by atoms with Crippen molar-refractivity contribution in [2.45, 2.75) is 53.9 Å². The van der Waals surface area contributed by atoms with Crippen molar-refractivity contribution >= 4 is 38.7 Å². The minimum absolute atomic E-state index is 0.0130. The highest BCUT2D eigenvalue weighted by atomic mass is 79.9. The van der Waals surface area contributed by atoms with Gasteiger partial charge in [0.25, 0.3) is 0 Å². The molecule has 3 aromatic rings. The van der Waals surface area contributed by atoms with Crippen LogP contribution >= 0.6 is 15.9 Å². The molecule has 4 nitrogen and oxygen atoms in total. The van der Waals surface area contributed by atoms with E-state index in [-0.39, 0.29) is 5.91 Å². The van der Waals surface area contributed by atoms with E-state index in [1.807, 2.05) is 34.6 Å². The first-order valence-electron chi connectivity index (χ1n) is 10.4. The number of carbonyl (C=O) groups is 1. The summed E-state index contributed by atoms with van der Waals surface area (Å²) in [6, 6.07) is 8.62. The fraction of sp³-hybridized carbons (Fsp3) is 0.360. The molecular formula is C25H28BrN3O. The third kappa shape index (κ3) is 3.71. The maximum absolute atomic E-state index is 12.9. The normalized spacial score (nSPS) is 15.1. The van der Waals surface area contributed by atoms with Gasteiger partial charge in [0.2, 0.25) is 5.91 Å². The SMILES string of the molecule is Cc1nc2c(NC(=O)C(C)(C)C)c(C/C=C3\CCc4ccccc43)c(Br)cn2c1C. The first-order valence-corrected chi connectivity index (χ1v) is 11.2. The van der Waals surface area contributed by atoms with Crippen LogP contribution in [0.5, 0.6) is 0 Å². The number of nitrogens with zero attached hydrogens (tertiary/aromatic N) is 2. The number of pyridine rings is 1. The second-order valence-corrected chi connectivity index (χ2v) is 9.96. The molecule has 4 rings (SSSR count). The number of anilines is 1. The molecule has 0 saturated heterocycles. The van der Waals surface area contributed by atoms with Gasteiger partial charge in [-0.15, -0.1) is 0 Å². The number of hydrogen-bond acceptors (Lipinski definition) is 2. The molecule has 1 aliphatic carbocycles. The fourth-order valence-corrected chi connectivity index (χ4v) is 4.50. The Morgan fingerprint density at radius 3 is 2.70 bits per heavy atom. The Hall–Kier alpha value is -2.40. The molecule has 30 heavy (non-hydrogen) atoms. The van der Waals surface area contributed by atoms with Crippen LogP contribution in [0.25, 0.3) is 11.2 Å². The van der Waals surface area contributed by atoms with Gasteiger partial charge in [0.05, 0.1) is 11.4 Å². The van der Waals surface area contributed by atoms with Crippen LogP contribution in [0.4, 0.5) is 5.69 Å². The Labute approximate surface area is 186 Å². The van der Waals surface area contributed by atoms with Gasteiger partial charge in [-0.05, 0) is 71.3 Å². The zero-order valence-electron chi connectivity index (χ0n) is 18.3. The zero-order valence-corrected chi connectivity index (χ0v) is 19.9. The predicted octanol–water partition coefficient (Wildman–Crippen LogP) is 6.27. The van der Waals surface area contributed by atoms with Crippen LogP contribution in [0.3, 0.4) is 0 Å². The van der Waals surface area contributed by atoms with Gasteiger partial charge in [-0.1, -0.05) is 51.1 Å². The van der Waals surface area contributed by atoms with Crippen LogP contribution in [0, 0.1) is 19.3 Å². The summed E-state index contributed by atoms with van der Waals surface area (Å²) >= 11 is 3.76. The Balaban J connectivity index is 1.81. The largest absolute Gasteiger partial charge is 0.322 e. The number of allylic oxidation sites excluding steroid dienone is 2. The van der Waals surface area contributed by atoms with E-state index in [0.717, 1.165) is 52.0 Å². The van der Waals surface area contributed by atoms with Gasteiger partial charge in [0.1, 0.15) is 0 Å². The molecule has 0 aliphatic heterocycles. The number of benzene rings is 1. The minimum atomic E-state index is -0.490. The van der Waals surface area contributed by atoms with Crippen molar-refractivity contribution in [1.29, 1.82) is 0 Å². The number of aromatic nitrogens is 2. The van der Waals surface area contributed by atoms with Crippen LogP contribution < -0.4 is 5.32 Å². The summed E-state index contributed by atoms with van der Waals surface area (Å²) in [7, 11) is 0. The summed E-state index contributed by atoms with van der Waals surface area (Å²) in [6.07, 6.45) is 7.25. The number of amides is 1. The third-order valence-electron chi connectivity index (χ3n) is 5.94. The molecule has 0 radical (unpaired) electrons. The number of nitrogens with one attached hydrogen (secondary N) is 1. The molecule has 5 heteroatoms. The molecule has 0 fully saturated rings. The lowest BCUT2D eigenvalue weighted by Crippen LogP contribution is -2.28. The van der Waals surface area contributed by atoms with Gasteiger partial charge in [0.15, 0.2) is 5.65 Å². The lowest BCUT2D eigenvalue weighted by atomic mass is 9.95. The highest BCUT2D eigenvalue weighted by Gasteiger charge is 2.25. The number of hydrogen-bond donors (Lipinski definition) is 1. The van der Waals surface area contributed by atoms with Crippen molar-refractivity contribution in [2.24, 2.45) is 5.41 Å². The maximum Gasteiger partial charge on any atom is 0.229 e. The van der Waals surface area contributed by atoms with E-state index in [1.54, 1.807) is 0 Å². The molecule has 2 heterocycles. The zero-order chi connectivity index (χ0) is 21.6. The molecular weight excluding hydrogens is 438 g/mol. The van der Waals surface area contributed by atoms with Gasteiger partial charge in [-0.3, -0.25) is 4.79 Å². The smallest absolute Gasteiger partial charge is 0.229 e. The van der Waals surface area contributed by atoms with E-state index in [2.05, 4.69) is 62.2 Å². The average molecular weight is 466 g/mol. The van der Waals surface area contributed by atoms with E-state index in [1.165, 1.54) is 16.7 Å². The molecule has 0 saturated carbocycles. The molecule has 0 unspecified atom stereocenters. The van der Waals surface area contributed by atoms with Crippen molar-refractivity contribution in [3.63, 3.8) is 0 Å². The summed E-state index contributed by atoms with van der Waals surface area (Å²) in [6.45, 7) is 9.83. The van der Waals surface area contributed by atoms with E-state index < -0.39 is 5.41 Å². The van der Waals surface area contributed by atoms with E-state index in [9.17, 15) is 4.79 Å². The Kier molecular flexibility index (Phi) is 5.35. The quantitative estimate of drug-likeness (QED) is 0.495. The average Bonchev–Trinajstić information content (AvgIpc) is 3.22. The van der Waals surface area contributed by atoms with Gasteiger partial charge < -0.3 is 9.72 Å². The standard InChI is InChI=1S/C25H28BrN3O/c1-15-16(2)29-14-21(26)20(22(23(29)27-15)28-24(30)25(3,4)5)13-12-18-11-10-17-8-6-7-9-19(17)18/h6-9,12,14H,10-11,13H2,1-5H3,(H,28,30)/b18-12+. The Bertz CT molecular complexity index is 1180. The summed E-state index contributed by atoms with van der Waals surface area (Å²) in [5.41, 5.74) is 8.34. The van der Waals surface area contributed by atoms with Crippen molar-refractivity contribution in [1.82, 2.24) is 9.38 Å². The second kappa shape index (κ2) is 7.69. The number of carbonyl (C=O) groups excluding carboxylic acids is 1. The Morgan fingerprint density at radius 1 is 1.23 bits per heavy atom. The summed E-state index contributed by atoms with van der Waals surface area (Å²) in [5, 5.41) is 3.19. The third-order valence-corrected chi connectivity index (χ3v) is 6.63. The number of aryl methyl sites for hydroxylation is 3. The van der Waals surface area contributed by atoms with Gasteiger partial charge in [0, 0.05) is 21.8 Å². The lowest BCUT2D eigenvalue weighted by Gasteiger charge is -2.20. The van der Waals surface area contributed by atoms with Crippen LogP contribution in [-0.2, 0) is 17.6 Å². The van der Waals surface area contributed by atoms with E-state index >= 15 is 0 Å². The molecule has 1 aliphatic rings. The van der Waals surface area contributed by atoms with E-state index in [0.29, 0.717) is 0 Å². The van der Waals surface area contributed by atoms with Crippen molar-refractivity contribution in [3.8, 4) is 0 Å². The highest BCUT2D eigenvalue weighted by molar-refractivity contribution is 9.10. The van der Waals surface area contributed by atoms with Crippen LogP contribution in [0.2, 0.25) is 0 Å². The Morgan fingerprint density at radius 2 is 1.97 bits per heavy atom. The monoisotopic (exact) mass is 465 g/mol. The minimum Gasteiger partial charge on any atom is -0.322 e. The molecule has 0 spiro atoms. The summed E-state index contributed by atoms with van der Waals surface area (Å²) < 4.78 is 3.03. The number of imidazole rings is 1. The fourth-order valence-electron chi connectivity index (χ4n) is 3.93. The molecule has 1 aromatic carbocycles. The van der Waals surface area contributed by atoms with Gasteiger partial charge in [-0.25, -0.2) is 4.98 Å². The molecule has 2 aromatic heterocycles. The first-order chi connectivity index (χ1) is 14.2. The van der Waals surface area contributed by atoms with Crippen molar-refractivity contribution in [3.05, 3.63) is 69.1 Å². The van der Waals surface area contributed by atoms with Gasteiger partial charge >= 0.3 is 0 Å². The molecule has 0 atom stereocenters. The summed E-state index contributed by atoms with van der Waals surface area (Å²) in [5.74, 6) is -0.0130.